The molecule has 0 amide bonds. The summed E-state index contributed by atoms with van der Waals surface area (Å²) < 4.78 is 5.38. The van der Waals surface area contributed by atoms with Gasteiger partial charge in [0.05, 0.1) is 18.7 Å². The predicted octanol–water partition coefficient (Wildman–Crippen LogP) is 6.35. The summed E-state index contributed by atoms with van der Waals surface area (Å²) in [5.41, 5.74) is 3.01. The molecule has 2 N–H and O–H groups in total. The first-order valence-electron chi connectivity index (χ1n) is 13.7. The summed E-state index contributed by atoms with van der Waals surface area (Å²) in [5.74, 6) is 1.86. The molecule has 0 bridgehead atoms. The second-order valence-corrected chi connectivity index (χ2v) is 11.6. The summed E-state index contributed by atoms with van der Waals surface area (Å²) in [5, 5.41) is 21.4. The molecule has 0 radical (unpaired) electrons. The minimum Gasteiger partial charge on any atom is -0.497 e. The SMILES string of the molecule is COc1ccc2nccc([C@H](O)CC[C@@H]3CCN(CCCSc4cccc(C)c4)C[C@H]3CCC(=O)O)c2c1. The van der Waals surface area contributed by atoms with Crippen LogP contribution in [0.5, 0.6) is 5.75 Å². The molecular weight excluding hydrogens is 496 g/mol. The number of carbonyl (C=O) groups is 1. The van der Waals surface area contributed by atoms with Crippen LogP contribution in [0.1, 0.15) is 55.8 Å². The number of aliphatic carboxylic acids is 1. The molecule has 1 aromatic heterocycles. The van der Waals surface area contributed by atoms with Crippen LogP contribution < -0.4 is 4.74 Å². The molecule has 1 aliphatic heterocycles. The van der Waals surface area contributed by atoms with Crippen molar-refractivity contribution in [2.45, 2.75) is 56.4 Å². The number of hydrogen-bond donors (Lipinski definition) is 2. The van der Waals surface area contributed by atoms with E-state index in [-0.39, 0.29) is 6.42 Å². The Morgan fingerprint density at radius 3 is 2.84 bits per heavy atom. The first-order valence-corrected chi connectivity index (χ1v) is 14.7. The summed E-state index contributed by atoms with van der Waals surface area (Å²) >= 11 is 1.91. The van der Waals surface area contributed by atoms with E-state index in [1.54, 1.807) is 13.3 Å². The molecule has 1 saturated heterocycles. The second-order valence-electron chi connectivity index (χ2n) is 10.4. The lowest BCUT2D eigenvalue weighted by molar-refractivity contribution is -0.137. The maximum atomic E-state index is 11.4. The number of likely N-dealkylation sites (tertiary alicyclic amines) is 1. The van der Waals surface area contributed by atoms with E-state index in [0.29, 0.717) is 24.7 Å². The van der Waals surface area contributed by atoms with Crippen LogP contribution in [0.2, 0.25) is 0 Å². The van der Waals surface area contributed by atoms with E-state index < -0.39 is 12.1 Å². The predicted molar refractivity (Wildman–Crippen MR) is 154 cm³/mol. The lowest BCUT2D eigenvalue weighted by Crippen LogP contribution is -2.41. The molecule has 204 valence electrons. The van der Waals surface area contributed by atoms with Crippen molar-refractivity contribution in [1.29, 1.82) is 0 Å². The number of piperidine rings is 1. The number of pyridine rings is 1. The standard InChI is InChI=1S/C31H40N2O4S/c1-22-5-3-6-26(19-22)38-18-4-16-33-17-14-23(24(21-33)8-12-31(35)36)7-11-30(34)27-13-15-32-29-10-9-25(37-2)20-28(27)29/h3,5-6,9-10,13,15,19-20,23-24,30,34H,4,7-8,11-12,14,16-18,21H2,1-2H3,(H,35,36)/t23-,24-,30-/m1/s1. The highest BCUT2D eigenvalue weighted by molar-refractivity contribution is 7.99. The summed E-state index contributed by atoms with van der Waals surface area (Å²) in [6.45, 7) is 5.15. The van der Waals surface area contributed by atoms with Gasteiger partial charge in [-0.05, 0) is 112 Å². The number of thioether (sulfide) groups is 1. The third-order valence-corrected chi connectivity index (χ3v) is 8.81. The third kappa shape index (κ3) is 7.95. The summed E-state index contributed by atoms with van der Waals surface area (Å²) in [6, 6.07) is 16.3. The molecule has 2 heterocycles. The number of fused-ring (bicyclic) bond motifs is 1. The van der Waals surface area contributed by atoms with Crippen molar-refractivity contribution in [2.75, 3.05) is 32.5 Å². The molecule has 38 heavy (non-hydrogen) atoms. The number of methoxy groups -OCH3 is 1. The zero-order valence-electron chi connectivity index (χ0n) is 22.5. The molecule has 1 fully saturated rings. The number of carboxylic acids is 1. The second kappa shape index (κ2) is 14.0. The van der Waals surface area contributed by atoms with Crippen LogP contribution in [0.25, 0.3) is 10.9 Å². The Labute approximate surface area is 230 Å². The van der Waals surface area contributed by atoms with Gasteiger partial charge in [0.1, 0.15) is 5.75 Å². The van der Waals surface area contributed by atoms with Crippen LogP contribution in [0.4, 0.5) is 0 Å². The molecule has 3 atom stereocenters. The average molecular weight is 537 g/mol. The Morgan fingerprint density at radius 1 is 1.18 bits per heavy atom. The Kier molecular flexibility index (Phi) is 10.4. The van der Waals surface area contributed by atoms with Crippen molar-refractivity contribution in [3.05, 3.63) is 65.9 Å². The summed E-state index contributed by atoms with van der Waals surface area (Å²) in [7, 11) is 1.64. The number of aliphatic hydroxyl groups is 1. The molecule has 0 saturated carbocycles. The van der Waals surface area contributed by atoms with Crippen LogP contribution in [0, 0.1) is 18.8 Å². The molecule has 6 nitrogen and oxygen atoms in total. The van der Waals surface area contributed by atoms with Gasteiger partial charge in [-0.25, -0.2) is 0 Å². The molecule has 0 unspecified atom stereocenters. The highest BCUT2D eigenvalue weighted by Gasteiger charge is 2.30. The lowest BCUT2D eigenvalue weighted by Gasteiger charge is -2.39. The zero-order valence-corrected chi connectivity index (χ0v) is 23.3. The van der Waals surface area contributed by atoms with Gasteiger partial charge < -0.3 is 19.8 Å². The number of aliphatic hydroxyl groups excluding tert-OH is 1. The van der Waals surface area contributed by atoms with Crippen LogP contribution in [-0.2, 0) is 4.79 Å². The number of aromatic nitrogens is 1. The quantitative estimate of drug-likeness (QED) is 0.195. The monoisotopic (exact) mass is 536 g/mol. The van der Waals surface area contributed by atoms with E-state index in [4.69, 9.17) is 4.74 Å². The molecule has 0 aliphatic carbocycles. The minimum atomic E-state index is -0.729. The Morgan fingerprint density at radius 2 is 2.05 bits per heavy atom. The fourth-order valence-corrected chi connectivity index (χ4v) is 6.60. The highest BCUT2D eigenvalue weighted by atomic mass is 32.2. The van der Waals surface area contributed by atoms with Crippen molar-refractivity contribution in [2.24, 2.45) is 11.8 Å². The zero-order chi connectivity index (χ0) is 26.9. The Bertz CT molecular complexity index is 1200. The van der Waals surface area contributed by atoms with E-state index >= 15 is 0 Å². The number of hydrogen-bond acceptors (Lipinski definition) is 6. The first-order chi connectivity index (χ1) is 18.4. The maximum Gasteiger partial charge on any atom is 0.303 e. The van der Waals surface area contributed by atoms with Crippen molar-refractivity contribution in [3.8, 4) is 5.75 Å². The molecule has 2 aromatic carbocycles. The van der Waals surface area contributed by atoms with E-state index in [1.165, 1.54) is 10.5 Å². The van der Waals surface area contributed by atoms with Crippen molar-refractivity contribution < 1.29 is 19.7 Å². The van der Waals surface area contributed by atoms with Crippen LogP contribution in [0.3, 0.4) is 0 Å². The molecule has 3 aromatic rings. The van der Waals surface area contributed by atoms with Gasteiger partial charge in [0.2, 0.25) is 0 Å². The lowest BCUT2D eigenvalue weighted by atomic mass is 9.79. The van der Waals surface area contributed by atoms with E-state index in [2.05, 4.69) is 41.1 Å². The van der Waals surface area contributed by atoms with Gasteiger partial charge in [-0.15, -0.1) is 11.8 Å². The van der Waals surface area contributed by atoms with Crippen LogP contribution in [-0.4, -0.2) is 58.6 Å². The average Bonchev–Trinajstić information content (AvgIpc) is 2.92. The maximum absolute atomic E-state index is 11.4. The number of rotatable bonds is 13. The van der Waals surface area contributed by atoms with E-state index in [0.717, 1.165) is 66.9 Å². The van der Waals surface area contributed by atoms with Gasteiger partial charge in [0, 0.05) is 29.4 Å². The van der Waals surface area contributed by atoms with Gasteiger partial charge in [-0.1, -0.05) is 17.7 Å². The molecule has 1 aliphatic rings. The smallest absolute Gasteiger partial charge is 0.303 e. The van der Waals surface area contributed by atoms with Crippen molar-refractivity contribution >= 4 is 28.6 Å². The van der Waals surface area contributed by atoms with Crippen LogP contribution >= 0.6 is 11.8 Å². The summed E-state index contributed by atoms with van der Waals surface area (Å²) in [4.78, 5) is 19.6. The van der Waals surface area contributed by atoms with E-state index in [1.807, 2.05) is 36.0 Å². The van der Waals surface area contributed by atoms with Crippen molar-refractivity contribution in [3.63, 3.8) is 0 Å². The highest BCUT2D eigenvalue weighted by Crippen LogP contribution is 2.35. The number of aryl methyl sites for hydroxylation is 1. The minimum absolute atomic E-state index is 0.204. The fraction of sp³-hybridized carbons (Fsp3) is 0.484. The van der Waals surface area contributed by atoms with Gasteiger partial charge in [-0.2, -0.15) is 0 Å². The number of benzene rings is 2. The van der Waals surface area contributed by atoms with Gasteiger partial charge >= 0.3 is 5.97 Å². The first kappa shape index (κ1) is 28.4. The Balaban J connectivity index is 1.32. The summed E-state index contributed by atoms with van der Waals surface area (Å²) in [6.07, 6.45) is 5.76. The molecule has 0 spiro atoms. The molecule has 4 rings (SSSR count). The third-order valence-electron chi connectivity index (χ3n) is 7.73. The van der Waals surface area contributed by atoms with Crippen LogP contribution in [0.15, 0.2) is 59.6 Å². The largest absolute Gasteiger partial charge is 0.497 e. The fourth-order valence-electron chi connectivity index (χ4n) is 5.65. The van der Waals surface area contributed by atoms with Gasteiger partial charge in [0.25, 0.3) is 0 Å². The number of carboxylic acid groups (broad SMARTS) is 1. The number of nitrogens with zero attached hydrogens (tertiary/aromatic N) is 2. The van der Waals surface area contributed by atoms with Gasteiger partial charge in [-0.3, -0.25) is 9.78 Å². The molecular formula is C31H40N2O4S. The topological polar surface area (TPSA) is 82.9 Å². The number of ether oxygens (including phenoxy) is 1. The Hall–Kier alpha value is -2.61. The van der Waals surface area contributed by atoms with Crippen molar-refractivity contribution in [1.82, 2.24) is 9.88 Å². The molecule has 7 heteroatoms. The van der Waals surface area contributed by atoms with Gasteiger partial charge in [0.15, 0.2) is 0 Å². The normalized spacial score (nSPS) is 18.9. The van der Waals surface area contributed by atoms with E-state index in [9.17, 15) is 15.0 Å².